The molecule has 1 aromatic heterocycles. The van der Waals surface area contributed by atoms with E-state index in [9.17, 15) is 0 Å². The second-order valence-electron chi connectivity index (χ2n) is 8.58. The maximum atomic E-state index is 5.92. The number of hydrogen-bond acceptors (Lipinski definition) is 2. The van der Waals surface area contributed by atoms with Crippen molar-refractivity contribution in [2.45, 2.75) is 105 Å². The molecule has 0 aliphatic rings. The van der Waals surface area contributed by atoms with Crippen molar-refractivity contribution in [3.8, 4) is 0 Å². The second-order valence-corrected chi connectivity index (χ2v) is 8.58. The van der Waals surface area contributed by atoms with Crippen molar-refractivity contribution < 1.29 is 14.0 Å². The van der Waals surface area contributed by atoms with Gasteiger partial charge in [-0.25, -0.2) is 9.13 Å². The summed E-state index contributed by atoms with van der Waals surface area (Å²) in [6.07, 6.45) is 19.0. The van der Waals surface area contributed by atoms with Crippen LogP contribution in [0.3, 0.4) is 0 Å². The summed E-state index contributed by atoms with van der Waals surface area (Å²) in [5.41, 5.74) is 0. The molecule has 1 rings (SSSR count). The smallest absolute Gasteiger partial charge is 0.243 e. The van der Waals surface area contributed by atoms with Gasteiger partial charge in [-0.15, -0.1) is 0 Å². The molecule has 0 aliphatic heterocycles. The van der Waals surface area contributed by atoms with Gasteiger partial charge in [-0.05, 0) is 24.7 Å². The molecule has 0 aliphatic carbocycles. The Balaban J connectivity index is 2.08. The summed E-state index contributed by atoms with van der Waals surface area (Å²) in [4.78, 5) is 0. The van der Waals surface area contributed by atoms with Gasteiger partial charge in [0, 0.05) is 26.1 Å². The lowest BCUT2D eigenvalue weighted by atomic mass is 10.0. The van der Waals surface area contributed by atoms with Crippen LogP contribution in [-0.4, -0.2) is 31.0 Å². The van der Waals surface area contributed by atoms with Crippen LogP contribution in [-0.2, 0) is 22.6 Å². The van der Waals surface area contributed by atoms with Crippen LogP contribution in [0.4, 0.5) is 0 Å². The number of imidazole rings is 1. The Morgan fingerprint density at radius 3 is 1.93 bits per heavy atom. The van der Waals surface area contributed by atoms with Gasteiger partial charge in [0.1, 0.15) is 12.4 Å². The zero-order valence-corrected chi connectivity index (χ0v) is 19.9. The predicted molar refractivity (Wildman–Crippen MR) is 122 cm³/mol. The highest BCUT2D eigenvalue weighted by Crippen LogP contribution is 2.13. The molecule has 0 aromatic carbocycles. The first-order valence-electron chi connectivity index (χ1n) is 12.4. The first kappa shape index (κ1) is 26.2. The number of aryl methyl sites for hydroxylation is 2. The van der Waals surface area contributed by atoms with E-state index in [0.717, 1.165) is 64.2 Å². The molecule has 2 atom stereocenters. The molecule has 29 heavy (non-hydrogen) atoms. The molecule has 0 bridgehead atoms. The molecule has 0 fully saturated rings. The maximum Gasteiger partial charge on any atom is 0.243 e. The number of aromatic nitrogens is 2. The Kier molecular flexibility index (Phi) is 16.2. The molecular weight excluding hydrogens is 360 g/mol. The lowest BCUT2D eigenvalue weighted by molar-refractivity contribution is -0.697. The summed E-state index contributed by atoms with van der Waals surface area (Å²) in [6, 6.07) is 0. The Labute approximate surface area is 181 Å². The van der Waals surface area contributed by atoms with Gasteiger partial charge in [-0.2, -0.15) is 0 Å². The van der Waals surface area contributed by atoms with Gasteiger partial charge in [-0.1, -0.05) is 66.2 Å². The van der Waals surface area contributed by atoms with E-state index in [1.54, 1.807) is 0 Å². The molecule has 1 heterocycles. The molecule has 0 saturated heterocycles. The first-order chi connectivity index (χ1) is 14.2. The predicted octanol–water partition coefficient (Wildman–Crippen LogP) is 6.02. The standard InChI is InChI=1S/C25H49N2O2/c1-5-9-13-24(7-3)21-28-19-11-15-26-17-18-27(23-26)16-12-20-29-22-25(8-4)14-10-6-2/h17-18,23-25H,5-16,19-22H2,1-4H3/q+1. The van der Waals surface area contributed by atoms with Crippen LogP contribution >= 0.6 is 0 Å². The summed E-state index contributed by atoms with van der Waals surface area (Å²) in [6.45, 7) is 14.7. The third-order valence-corrected chi connectivity index (χ3v) is 5.95. The summed E-state index contributed by atoms with van der Waals surface area (Å²) < 4.78 is 16.4. The summed E-state index contributed by atoms with van der Waals surface area (Å²) in [7, 11) is 0. The number of rotatable bonds is 20. The van der Waals surface area contributed by atoms with Gasteiger partial charge in [0.05, 0.1) is 26.3 Å². The molecule has 0 amide bonds. The van der Waals surface area contributed by atoms with Crippen LogP contribution in [0, 0.1) is 11.8 Å². The van der Waals surface area contributed by atoms with Crippen molar-refractivity contribution >= 4 is 0 Å². The van der Waals surface area contributed by atoms with Crippen LogP contribution in [0.25, 0.3) is 0 Å². The van der Waals surface area contributed by atoms with E-state index >= 15 is 0 Å². The average molecular weight is 410 g/mol. The summed E-state index contributed by atoms with van der Waals surface area (Å²) in [5, 5.41) is 0. The molecule has 2 unspecified atom stereocenters. The molecule has 0 saturated carbocycles. The topological polar surface area (TPSA) is 27.3 Å². The molecule has 0 radical (unpaired) electrons. The number of unbranched alkanes of at least 4 members (excludes halogenated alkanes) is 2. The quantitative estimate of drug-likeness (QED) is 0.194. The Bertz CT molecular complexity index is 435. The highest BCUT2D eigenvalue weighted by molar-refractivity contribution is 4.66. The Morgan fingerprint density at radius 1 is 0.793 bits per heavy atom. The van der Waals surface area contributed by atoms with Crippen molar-refractivity contribution in [3.63, 3.8) is 0 Å². The van der Waals surface area contributed by atoms with Gasteiger partial charge in [0.25, 0.3) is 0 Å². The minimum absolute atomic E-state index is 0.741. The molecule has 170 valence electrons. The lowest BCUT2D eigenvalue weighted by Gasteiger charge is -2.14. The van der Waals surface area contributed by atoms with Crippen LogP contribution in [0.2, 0.25) is 0 Å². The Morgan fingerprint density at radius 2 is 1.38 bits per heavy atom. The highest BCUT2D eigenvalue weighted by Gasteiger charge is 2.08. The fraction of sp³-hybridized carbons (Fsp3) is 0.880. The van der Waals surface area contributed by atoms with Crippen LogP contribution in [0.5, 0.6) is 0 Å². The molecule has 1 aromatic rings. The van der Waals surface area contributed by atoms with Gasteiger partial charge in [-0.3, -0.25) is 0 Å². The number of ether oxygens (including phenoxy) is 2. The minimum Gasteiger partial charge on any atom is -0.381 e. The van der Waals surface area contributed by atoms with Gasteiger partial charge in [0.15, 0.2) is 0 Å². The third-order valence-electron chi connectivity index (χ3n) is 5.95. The van der Waals surface area contributed by atoms with Crippen molar-refractivity contribution in [3.05, 3.63) is 18.7 Å². The zero-order chi connectivity index (χ0) is 21.2. The number of nitrogens with zero attached hydrogens (tertiary/aromatic N) is 2. The van der Waals surface area contributed by atoms with Gasteiger partial charge >= 0.3 is 0 Å². The normalized spacial score (nSPS) is 13.7. The van der Waals surface area contributed by atoms with Crippen molar-refractivity contribution in [1.82, 2.24) is 4.57 Å². The highest BCUT2D eigenvalue weighted by atomic mass is 16.5. The van der Waals surface area contributed by atoms with Crippen molar-refractivity contribution in [2.75, 3.05) is 26.4 Å². The van der Waals surface area contributed by atoms with Gasteiger partial charge < -0.3 is 9.47 Å². The zero-order valence-electron chi connectivity index (χ0n) is 19.9. The van der Waals surface area contributed by atoms with E-state index in [4.69, 9.17) is 9.47 Å². The Hall–Kier alpha value is -0.870. The fourth-order valence-electron chi connectivity index (χ4n) is 3.70. The summed E-state index contributed by atoms with van der Waals surface area (Å²) >= 11 is 0. The molecule has 0 N–H and O–H groups in total. The van der Waals surface area contributed by atoms with E-state index in [1.807, 2.05) is 0 Å². The molecule has 4 nitrogen and oxygen atoms in total. The average Bonchev–Trinajstić information content (AvgIpc) is 3.19. The summed E-state index contributed by atoms with van der Waals surface area (Å²) in [5.74, 6) is 1.48. The van der Waals surface area contributed by atoms with Crippen LogP contribution < -0.4 is 4.57 Å². The van der Waals surface area contributed by atoms with Crippen molar-refractivity contribution in [1.29, 1.82) is 0 Å². The minimum atomic E-state index is 0.741. The van der Waals surface area contributed by atoms with E-state index in [0.29, 0.717) is 0 Å². The first-order valence-corrected chi connectivity index (χ1v) is 12.4. The second kappa shape index (κ2) is 17.9. The molecule has 0 spiro atoms. The van der Waals surface area contributed by atoms with Crippen molar-refractivity contribution in [2.24, 2.45) is 11.8 Å². The van der Waals surface area contributed by atoms with E-state index in [-0.39, 0.29) is 0 Å². The third kappa shape index (κ3) is 13.1. The van der Waals surface area contributed by atoms with Crippen LogP contribution in [0.15, 0.2) is 18.7 Å². The fourth-order valence-corrected chi connectivity index (χ4v) is 3.70. The number of hydrogen-bond donors (Lipinski definition) is 0. The maximum absolute atomic E-state index is 5.92. The monoisotopic (exact) mass is 409 g/mol. The lowest BCUT2D eigenvalue weighted by Crippen LogP contribution is -2.31. The van der Waals surface area contributed by atoms with Crippen LogP contribution in [0.1, 0.15) is 91.9 Å². The van der Waals surface area contributed by atoms with E-state index < -0.39 is 0 Å². The van der Waals surface area contributed by atoms with E-state index in [1.165, 1.54) is 51.4 Å². The molecule has 4 heteroatoms. The molecular formula is C25H49N2O2+. The largest absolute Gasteiger partial charge is 0.381 e. The SMILES string of the molecule is CCCCC(CC)COCCCn1cc[n+](CCCOCC(CC)CCCC)c1. The van der Waals surface area contributed by atoms with E-state index in [2.05, 4.69) is 55.6 Å². The van der Waals surface area contributed by atoms with Gasteiger partial charge in [0.2, 0.25) is 6.33 Å².